The molecule has 4 N–H and O–H groups in total. The molecular weight excluding hydrogens is 346 g/mol. The molecule has 0 saturated carbocycles. The number of hydrogen-bond donors (Lipinski definition) is 3. The van der Waals surface area contributed by atoms with Crippen LogP contribution in [0.3, 0.4) is 0 Å². The number of amides is 3. The van der Waals surface area contributed by atoms with Gasteiger partial charge in [-0.1, -0.05) is 52.3 Å². The van der Waals surface area contributed by atoms with Crippen LogP contribution in [0, 0.1) is 0 Å². The van der Waals surface area contributed by atoms with Gasteiger partial charge in [0.2, 0.25) is 5.91 Å². The van der Waals surface area contributed by atoms with Crippen LogP contribution in [0.5, 0.6) is 0 Å². The van der Waals surface area contributed by atoms with Crippen molar-refractivity contribution in [1.82, 2.24) is 5.32 Å². The zero-order valence-corrected chi connectivity index (χ0v) is 13.3. The summed E-state index contributed by atoms with van der Waals surface area (Å²) in [5, 5.41) is 5.39. The predicted octanol–water partition coefficient (Wildman–Crippen LogP) is 3.19. The molecule has 6 heteroatoms. The number of carbonyl (C=O) groups excluding carboxylic acids is 2. The second kappa shape index (κ2) is 7.61. The lowest BCUT2D eigenvalue weighted by atomic mass is 10.0. The molecule has 1 unspecified atom stereocenters. The van der Waals surface area contributed by atoms with Gasteiger partial charge >= 0.3 is 6.03 Å². The Bertz CT molecular complexity index is 661. The van der Waals surface area contributed by atoms with Gasteiger partial charge < -0.3 is 16.4 Å². The Labute approximate surface area is 137 Å². The number of urea groups is 1. The standard InChI is InChI=1S/C16H16BrN3O2/c17-12-7-4-8-13(9-12)19-15(21)10-14(20-16(18)22)11-5-2-1-3-6-11/h1-9,14H,10H2,(H,19,21)(H3,18,20,22). The fourth-order valence-corrected chi connectivity index (χ4v) is 2.47. The summed E-state index contributed by atoms with van der Waals surface area (Å²) in [6, 6.07) is 15.4. The van der Waals surface area contributed by atoms with E-state index in [2.05, 4.69) is 26.6 Å². The van der Waals surface area contributed by atoms with E-state index in [1.165, 1.54) is 0 Å². The monoisotopic (exact) mass is 361 g/mol. The lowest BCUT2D eigenvalue weighted by Crippen LogP contribution is -2.35. The Morgan fingerprint density at radius 1 is 1.09 bits per heavy atom. The van der Waals surface area contributed by atoms with Gasteiger partial charge in [-0.3, -0.25) is 4.79 Å². The van der Waals surface area contributed by atoms with Crippen molar-refractivity contribution in [1.29, 1.82) is 0 Å². The van der Waals surface area contributed by atoms with E-state index in [1.807, 2.05) is 42.5 Å². The number of halogens is 1. The van der Waals surface area contributed by atoms with Crippen LogP contribution in [-0.4, -0.2) is 11.9 Å². The van der Waals surface area contributed by atoms with E-state index in [1.54, 1.807) is 12.1 Å². The van der Waals surface area contributed by atoms with Crippen molar-refractivity contribution >= 4 is 33.6 Å². The van der Waals surface area contributed by atoms with Crippen molar-refractivity contribution < 1.29 is 9.59 Å². The normalized spacial score (nSPS) is 11.5. The molecule has 0 aliphatic carbocycles. The van der Waals surface area contributed by atoms with E-state index >= 15 is 0 Å². The van der Waals surface area contributed by atoms with Crippen LogP contribution in [0.4, 0.5) is 10.5 Å². The van der Waals surface area contributed by atoms with E-state index in [4.69, 9.17) is 5.73 Å². The maximum absolute atomic E-state index is 12.2. The second-order valence-electron chi connectivity index (χ2n) is 4.73. The first kappa shape index (κ1) is 16.0. The summed E-state index contributed by atoms with van der Waals surface area (Å²) in [4.78, 5) is 23.3. The second-order valence-corrected chi connectivity index (χ2v) is 5.65. The molecule has 3 amide bonds. The van der Waals surface area contributed by atoms with Crippen LogP contribution < -0.4 is 16.4 Å². The molecule has 0 spiro atoms. The Morgan fingerprint density at radius 3 is 2.45 bits per heavy atom. The molecule has 0 aliphatic heterocycles. The van der Waals surface area contributed by atoms with E-state index in [-0.39, 0.29) is 12.3 Å². The van der Waals surface area contributed by atoms with Gasteiger partial charge in [-0.05, 0) is 23.8 Å². The molecule has 0 bridgehead atoms. The summed E-state index contributed by atoms with van der Waals surface area (Å²) >= 11 is 3.35. The average Bonchev–Trinajstić information content (AvgIpc) is 2.47. The van der Waals surface area contributed by atoms with Gasteiger partial charge in [-0.2, -0.15) is 0 Å². The molecule has 22 heavy (non-hydrogen) atoms. The van der Waals surface area contributed by atoms with Crippen LogP contribution >= 0.6 is 15.9 Å². The quantitative estimate of drug-likeness (QED) is 0.763. The van der Waals surface area contributed by atoms with Crippen molar-refractivity contribution in [2.24, 2.45) is 5.73 Å². The number of carbonyl (C=O) groups is 2. The lowest BCUT2D eigenvalue weighted by Gasteiger charge is -2.17. The maximum Gasteiger partial charge on any atom is 0.312 e. The van der Waals surface area contributed by atoms with Crippen LogP contribution in [-0.2, 0) is 4.79 Å². The molecule has 2 rings (SSSR count). The Kier molecular flexibility index (Phi) is 5.55. The molecule has 2 aromatic carbocycles. The van der Waals surface area contributed by atoms with Crippen LogP contribution in [0.2, 0.25) is 0 Å². The average molecular weight is 362 g/mol. The van der Waals surface area contributed by atoms with Gasteiger partial charge in [-0.25, -0.2) is 4.79 Å². The zero-order valence-electron chi connectivity index (χ0n) is 11.8. The third-order valence-electron chi connectivity index (χ3n) is 3.02. The predicted molar refractivity (Wildman–Crippen MR) is 89.3 cm³/mol. The first-order valence-electron chi connectivity index (χ1n) is 6.71. The number of primary amides is 1. The molecule has 2 aromatic rings. The third kappa shape index (κ3) is 4.89. The fraction of sp³-hybridized carbons (Fsp3) is 0.125. The highest BCUT2D eigenvalue weighted by Crippen LogP contribution is 2.19. The zero-order chi connectivity index (χ0) is 15.9. The molecule has 5 nitrogen and oxygen atoms in total. The third-order valence-corrected chi connectivity index (χ3v) is 3.51. The molecule has 0 saturated heterocycles. The SMILES string of the molecule is NC(=O)NC(CC(=O)Nc1cccc(Br)c1)c1ccccc1. The molecule has 0 aromatic heterocycles. The van der Waals surface area contributed by atoms with E-state index in [0.717, 1.165) is 10.0 Å². The number of hydrogen-bond acceptors (Lipinski definition) is 2. The summed E-state index contributed by atoms with van der Waals surface area (Å²) < 4.78 is 0.875. The largest absolute Gasteiger partial charge is 0.352 e. The van der Waals surface area contributed by atoms with Gasteiger partial charge in [0.05, 0.1) is 12.5 Å². The molecule has 1 atom stereocenters. The van der Waals surface area contributed by atoms with E-state index in [0.29, 0.717) is 5.69 Å². The molecule has 114 valence electrons. The molecule has 0 heterocycles. The number of benzene rings is 2. The Morgan fingerprint density at radius 2 is 1.82 bits per heavy atom. The Hall–Kier alpha value is -2.34. The van der Waals surface area contributed by atoms with Crippen molar-refractivity contribution in [3.63, 3.8) is 0 Å². The highest BCUT2D eigenvalue weighted by atomic mass is 79.9. The van der Waals surface area contributed by atoms with Crippen molar-refractivity contribution in [3.8, 4) is 0 Å². The van der Waals surface area contributed by atoms with Crippen LogP contribution in [0.15, 0.2) is 59.1 Å². The molecule has 0 aliphatic rings. The smallest absolute Gasteiger partial charge is 0.312 e. The molecule has 0 radical (unpaired) electrons. The topological polar surface area (TPSA) is 84.2 Å². The number of rotatable bonds is 5. The summed E-state index contributed by atoms with van der Waals surface area (Å²) in [6.45, 7) is 0. The van der Waals surface area contributed by atoms with Gasteiger partial charge in [0.25, 0.3) is 0 Å². The van der Waals surface area contributed by atoms with Crippen LogP contribution in [0.1, 0.15) is 18.0 Å². The summed E-state index contributed by atoms with van der Waals surface area (Å²) in [7, 11) is 0. The number of anilines is 1. The number of nitrogens with two attached hydrogens (primary N) is 1. The summed E-state index contributed by atoms with van der Waals surface area (Å²) in [6.07, 6.45) is 0.0967. The van der Waals surface area contributed by atoms with Gasteiger partial charge in [0.15, 0.2) is 0 Å². The maximum atomic E-state index is 12.2. The van der Waals surface area contributed by atoms with Crippen LogP contribution in [0.25, 0.3) is 0 Å². The van der Waals surface area contributed by atoms with E-state index < -0.39 is 12.1 Å². The van der Waals surface area contributed by atoms with Crippen molar-refractivity contribution in [2.45, 2.75) is 12.5 Å². The van der Waals surface area contributed by atoms with Gasteiger partial charge in [0.1, 0.15) is 0 Å². The fourth-order valence-electron chi connectivity index (χ4n) is 2.07. The van der Waals surface area contributed by atoms with Gasteiger partial charge in [0, 0.05) is 10.2 Å². The lowest BCUT2D eigenvalue weighted by molar-refractivity contribution is -0.116. The minimum Gasteiger partial charge on any atom is -0.352 e. The highest BCUT2D eigenvalue weighted by Gasteiger charge is 2.17. The molecule has 0 fully saturated rings. The van der Waals surface area contributed by atoms with Gasteiger partial charge in [-0.15, -0.1) is 0 Å². The molecular formula is C16H16BrN3O2. The first-order valence-corrected chi connectivity index (χ1v) is 7.50. The summed E-state index contributed by atoms with van der Waals surface area (Å²) in [5.41, 5.74) is 6.70. The Balaban J connectivity index is 2.06. The highest BCUT2D eigenvalue weighted by molar-refractivity contribution is 9.10. The van der Waals surface area contributed by atoms with Crippen molar-refractivity contribution in [2.75, 3.05) is 5.32 Å². The number of nitrogens with one attached hydrogen (secondary N) is 2. The summed E-state index contributed by atoms with van der Waals surface area (Å²) in [5.74, 6) is -0.208. The minimum absolute atomic E-state index is 0.0967. The van der Waals surface area contributed by atoms with E-state index in [9.17, 15) is 9.59 Å². The van der Waals surface area contributed by atoms with Crippen molar-refractivity contribution in [3.05, 3.63) is 64.6 Å². The minimum atomic E-state index is -0.663. The first-order chi connectivity index (χ1) is 10.5.